The van der Waals surface area contributed by atoms with Gasteiger partial charge in [-0.1, -0.05) is 65.1 Å². The fraction of sp³-hybridized carbons (Fsp3) is 0.182. The van der Waals surface area contributed by atoms with Crippen LogP contribution in [0.3, 0.4) is 0 Å². The maximum atomic E-state index is 6.54. The van der Waals surface area contributed by atoms with Crippen LogP contribution in [0.2, 0.25) is 15.1 Å². The summed E-state index contributed by atoms with van der Waals surface area (Å²) in [5.41, 5.74) is 2.23. The van der Waals surface area contributed by atoms with Crippen molar-refractivity contribution in [3.8, 4) is 0 Å². The number of benzene rings is 3. The first kappa shape index (κ1) is 19.9. The first-order valence-electron chi connectivity index (χ1n) is 9.05. The average Bonchev–Trinajstić information content (AvgIpc) is 2.70. The molecule has 0 N–H and O–H groups in total. The third-order valence-corrected chi connectivity index (χ3v) is 6.66. The first-order valence-corrected chi connectivity index (χ1v) is 11.0. The molecule has 4 rings (SSSR count). The van der Waals surface area contributed by atoms with Gasteiger partial charge in [0.15, 0.2) is 0 Å². The van der Waals surface area contributed by atoms with Gasteiger partial charge in [-0.2, -0.15) is 0 Å². The van der Waals surface area contributed by atoms with E-state index in [4.69, 9.17) is 34.8 Å². The predicted molar refractivity (Wildman–Crippen MR) is 122 cm³/mol. The van der Waals surface area contributed by atoms with Gasteiger partial charge in [0.1, 0.15) is 0 Å². The van der Waals surface area contributed by atoms with E-state index in [1.807, 2.05) is 36.4 Å². The lowest BCUT2D eigenvalue weighted by Crippen LogP contribution is -2.46. The van der Waals surface area contributed by atoms with Crippen LogP contribution in [0.15, 0.2) is 77.7 Å². The Morgan fingerprint density at radius 2 is 1.50 bits per heavy atom. The van der Waals surface area contributed by atoms with Gasteiger partial charge >= 0.3 is 0 Å². The molecule has 1 saturated heterocycles. The van der Waals surface area contributed by atoms with E-state index < -0.39 is 0 Å². The fourth-order valence-corrected chi connectivity index (χ4v) is 5.05. The second kappa shape index (κ2) is 8.98. The van der Waals surface area contributed by atoms with Gasteiger partial charge in [-0.15, -0.1) is 0 Å². The Kier molecular flexibility index (Phi) is 6.39. The molecule has 28 heavy (non-hydrogen) atoms. The lowest BCUT2D eigenvalue weighted by molar-refractivity contribution is 0.366. The highest BCUT2D eigenvalue weighted by atomic mass is 35.5. The number of anilines is 1. The van der Waals surface area contributed by atoms with Crippen molar-refractivity contribution in [2.75, 3.05) is 24.5 Å². The van der Waals surface area contributed by atoms with Crippen molar-refractivity contribution in [1.82, 2.24) is 4.31 Å². The highest BCUT2D eigenvalue weighted by Gasteiger charge is 2.30. The Balaban J connectivity index is 1.63. The van der Waals surface area contributed by atoms with E-state index in [9.17, 15) is 0 Å². The maximum Gasteiger partial charge on any atom is 0.0680 e. The standard InChI is InChI=1S/C22H19Cl3N2S/c23-17-8-6-16(7-9-17)22-15-26(28-19-4-2-1-3-5-19)12-13-27(22)21-11-10-18(24)14-20(21)25/h1-11,14,22H,12-13,15H2. The summed E-state index contributed by atoms with van der Waals surface area (Å²) in [5, 5.41) is 2.07. The van der Waals surface area contributed by atoms with Gasteiger partial charge in [0.05, 0.1) is 16.8 Å². The summed E-state index contributed by atoms with van der Waals surface area (Å²) in [5.74, 6) is 0. The van der Waals surface area contributed by atoms with Gasteiger partial charge in [-0.05, 0) is 60.0 Å². The van der Waals surface area contributed by atoms with Gasteiger partial charge in [0.2, 0.25) is 0 Å². The van der Waals surface area contributed by atoms with Crippen molar-refractivity contribution < 1.29 is 0 Å². The van der Waals surface area contributed by atoms with E-state index in [0.717, 1.165) is 30.3 Å². The van der Waals surface area contributed by atoms with E-state index in [1.54, 1.807) is 11.9 Å². The molecular formula is C22H19Cl3N2S. The fourth-order valence-electron chi connectivity index (χ4n) is 3.44. The van der Waals surface area contributed by atoms with Crippen LogP contribution in [0.1, 0.15) is 11.6 Å². The molecule has 0 amide bonds. The summed E-state index contributed by atoms with van der Waals surface area (Å²) in [7, 11) is 0. The van der Waals surface area contributed by atoms with Crippen LogP contribution in [0, 0.1) is 0 Å². The summed E-state index contributed by atoms with van der Waals surface area (Å²) in [6.45, 7) is 2.68. The molecule has 144 valence electrons. The molecule has 0 bridgehead atoms. The molecule has 1 heterocycles. The van der Waals surface area contributed by atoms with Gasteiger partial charge in [-0.3, -0.25) is 0 Å². The molecule has 1 aliphatic rings. The minimum Gasteiger partial charge on any atom is -0.361 e. The number of piperazine rings is 1. The number of hydrogen-bond donors (Lipinski definition) is 0. The van der Waals surface area contributed by atoms with Crippen LogP contribution in [0.25, 0.3) is 0 Å². The lowest BCUT2D eigenvalue weighted by atomic mass is 10.0. The molecule has 0 radical (unpaired) electrons. The van der Waals surface area contributed by atoms with Gasteiger partial charge < -0.3 is 4.90 Å². The second-order valence-corrected chi connectivity index (χ2v) is 9.10. The molecule has 1 aliphatic heterocycles. The van der Waals surface area contributed by atoms with Gasteiger partial charge in [0.25, 0.3) is 0 Å². The monoisotopic (exact) mass is 448 g/mol. The van der Waals surface area contributed by atoms with Crippen molar-refractivity contribution in [2.24, 2.45) is 0 Å². The highest BCUT2D eigenvalue weighted by Crippen LogP contribution is 2.38. The SMILES string of the molecule is Clc1ccc(C2CN(Sc3ccccc3)CCN2c2ccc(Cl)cc2Cl)cc1. The van der Waals surface area contributed by atoms with Crippen LogP contribution >= 0.6 is 46.8 Å². The summed E-state index contributed by atoms with van der Waals surface area (Å²) in [4.78, 5) is 3.61. The first-order chi connectivity index (χ1) is 13.6. The zero-order chi connectivity index (χ0) is 19.5. The average molecular weight is 450 g/mol. The molecule has 2 nitrogen and oxygen atoms in total. The van der Waals surface area contributed by atoms with Gasteiger partial charge in [0, 0.05) is 34.6 Å². The number of nitrogens with zero attached hydrogens (tertiary/aromatic N) is 2. The molecule has 0 spiro atoms. The molecule has 0 saturated carbocycles. The van der Waals surface area contributed by atoms with Crippen molar-refractivity contribution >= 4 is 52.4 Å². The van der Waals surface area contributed by atoms with Crippen molar-refractivity contribution in [3.05, 3.63) is 93.4 Å². The minimum absolute atomic E-state index is 0.168. The van der Waals surface area contributed by atoms with Crippen LogP contribution in [0.4, 0.5) is 5.69 Å². The highest BCUT2D eigenvalue weighted by molar-refractivity contribution is 7.97. The quantitative estimate of drug-likeness (QED) is 0.388. The Morgan fingerprint density at radius 3 is 2.21 bits per heavy atom. The van der Waals surface area contributed by atoms with Gasteiger partial charge in [-0.25, -0.2) is 4.31 Å². The molecule has 3 aromatic rings. The zero-order valence-corrected chi connectivity index (χ0v) is 18.1. The second-order valence-electron chi connectivity index (χ2n) is 6.65. The van der Waals surface area contributed by atoms with E-state index in [1.165, 1.54) is 10.5 Å². The normalized spacial score (nSPS) is 17.7. The number of hydrogen-bond acceptors (Lipinski definition) is 3. The molecule has 1 fully saturated rings. The Hall–Kier alpha value is -1.36. The molecule has 6 heteroatoms. The van der Waals surface area contributed by atoms with E-state index >= 15 is 0 Å². The molecule has 3 aromatic carbocycles. The third-order valence-electron chi connectivity index (χ3n) is 4.79. The topological polar surface area (TPSA) is 6.48 Å². The van der Waals surface area contributed by atoms with E-state index in [0.29, 0.717) is 10.0 Å². The number of rotatable bonds is 4. The molecule has 1 atom stereocenters. The zero-order valence-electron chi connectivity index (χ0n) is 15.1. The molecule has 0 aliphatic carbocycles. The number of halogens is 3. The predicted octanol–water partition coefficient (Wildman–Crippen LogP) is 7.22. The Bertz CT molecular complexity index is 934. The third kappa shape index (κ3) is 4.61. The van der Waals surface area contributed by atoms with E-state index in [2.05, 4.69) is 45.6 Å². The van der Waals surface area contributed by atoms with Crippen molar-refractivity contribution in [1.29, 1.82) is 0 Å². The van der Waals surface area contributed by atoms with Crippen LogP contribution in [0.5, 0.6) is 0 Å². The lowest BCUT2D eigenvalue weighted by Gasteiger charge is -2.43. The van der Waals surface area contributed by atoms with Crippen molar-refractivity contribution in [2.45, 2.75) is 10.9 Å². The summed E-state index contributed by atoms with van der Waals surface area (Å²) in [6, 6.07) is 24.4. The summed E-state index contributed by atoms with van der Waals surface area (Å²) in [6.07, 6.45) is 0. The van der Waals surface area contributed by atoms with Crippen LogP contribution in [-0.2, 0) is 0 Å². The molecule has 0 aromatic heterocycles. The minimum atomic E-state index is 0.168. The maximum absolute atomic E-state index is 6.54. The Morgan fingerprint density at radius 1 is 0.786 bits per heavy atom. The summed E-state index contributed by atoms with van der Waals surface area (Å²) >= 11 is 20.6. The van der Waals surface area contributed by atoms with Crippen LogP contribution in [-0.4, -0.2) is 23.9 Å². The largest absolute Gasteiger partial charge is 0.361 e. The molecule has 1 unspecified atom stereocenters. The Labute approximate surface area is 185 Å². The summed E-state index contributed by atoms with van der Waals surface area (Å²) < 4.78 is 2.41. The van der Waals surface area contributed by atoms with Crippen LogP contribution < -0.4 is 4.90 Å². The van der Waals surface area contributed by atoms with E-state index in [-0.39, 0.29) is 6.04 Å². The smallest absolute Gasteiger partial charge is 0.0680 e. The molecular weight excluding hydrogens is 431 g/mol. The van der Waals surface area contributed by atoms with Crippen molar-refractivity contribution in [3.63, 3.8) is 0 Å².